The summed E-state index contributed by atoms with van der Waals surface area (Å²) in [7, 11) is 0. The van der Waals surface area contributed by atoms with Crippen LogP contribution < -0.4 is 0 Å². The second-order valence-electron chi connectivity index (χ2n) is 3.05. The van der Waals surface area contributed by atoms with Gasteiger partial charge in [-0.2, -0.15) is 0 Å². The molecule has 0 rings (SSSR count). The molecule has 0 unspecified atom stereocenters. The highest BCUT2D eigenvalue weighted by molar-refractivity contribution is 5.97. The maximum absolute atomic E-state index is 10.9. The van der Waals surface area contributed by atoms with Gasteiger partial charge in [0.25, 0.3) is 0 Å². The fourth-order valence-corrected chi connectivity index (χ4v) is 0.724. The summed E-state index contributed by atoms with van der Waals surface area (Å²) in [5.41, 5.74) is 0. The van der Waals surface area contributed by atoms with Gasteiger partial charge in [-0.1, -0.05) is 13.8 Å². The monoisotopic (exact) mass is 230 g/mol. The zero-order valence-electron chi connectivity index (χ0n) is 9.28. The Balaban J connectivity index is 3.79. The van der Waals surface area contributed by atoms with Crippen molar-refractivity contribution < 1.29 is 29.0 Å². The van der Waals surface area contributed by atoms with E-state index in [-0.39, 0.29) is 24.4 Å². The fourth-order valence-electron chi connectivity index (χ4n) is 0.724. The Kier molecular flexibility index (Phi) is 6.74. The van der Waals surface area contributed by atoms with Gasteiger partial charge in [0.1, 0.15) is 24.4 Å². The number of carbonyl (C=O) groups is 4. The molecule has 0 aromatic carbocycles. The Morgan fingerprint density at radius 2 is 1.06 bits per heavy atom. The number of ketones is 2. The third-order valence-electron chi connectivity index (χ3n) is 1.70. The third-order valence-corrected chi connectivity index (χ3v) is 1.70. The van der Waals surface area contributed by atoms with Crippen molar-refractivity contribution in [3.63, 3.8) is 0 Å². The first-order valence-electron chi connectivity index (χ1n) is 4.93. The van der Waals surface area contributed by atoms with E-state index >= 15 is 0 Å². The van der Waals surface area contributed by atoms with Crippen LogP contribution in [-0.4, -0.2) is 23.5 Å². The average molecular weight is 230 g/mol. The number of carbonyl (C=O) groups excluding carboxylic acids is 4. The first-order valence-corrected chi connectivity index (χ1v) is 4.93. The van der Waals surface area contributed by atoms with Crippen molar-refractivity contribution in [2.75, 3.05) is 0 Å². The van der Waals surface area contributed by atoms with Crippen LogP contribution in [0.25, 0.3) is 0 Å². The van der Waals surface area contributed by atoms with Crippen molar-refractivity contribution in [2.45, 2.75) is 39.5 Å². The Bertz CT molecular complexity index is 264. The van der Waals surface area contributed by atoms with E-state index in [1.54, 1.807) is 13.8 Å². The summed E-state index contributed by atoms with van der Waals surface area (Å²) in [5, 5.41) is 0. The molecule has 0 radical (unpaired) electrons. The van der Waals surface area contributed by atoms with Gasteiger partial charge in [0.05, 0.1) is 0 Å². The zero-order chi connectivity index (χ0) is 12.6. The minimum atomic E-state index is -0.941. The lowest BCUT2D eigenvalue weighted by atomic mass is 10.2. The highest BCUT2D eigenvalue weighted by Gasteiger charge is 2.15. The third kappa shape index (κ3) is 6.69. The number of rotatable bonds is 6. The molecule has 0 heterocycles. The molecule has 0 aliphatic rings. The van der Waals surface area contributed by atoms with Crippen LogP contribution >= 0.6 is 0 Å². The lowest BCUT2D eigenvalue weighted by molar-refractivity contribution is -0.258. The van der Waals surface area contributed by atoms with Gasteiger partial charge >= 0.3 is 11.9 Å². The van der Waals surface area contributed by atoms with E-state index in [9.17, 15) is 19.2 Å². The molecular formula is C10H14O6. The van der Waals surface area contributed by atoms with Crippen LogP contribution in [0.5, 0.6) is 0 Å². The first-order chi connectivity index (χ1) is 7.49. The number of hydrogen-bond acceptors (Lipinski definition) is 6. The molecule has 0 atom stereocenters. The molecule has 16 heavy (non-hydrogen) atoms. The van der Waals surface area contributed by atoms with Gasteiger partial charge < -0.3 is 0 Å². The molecule has 6 heteroatoms. The van der Waals surface area contributed by atoms with Gasteiger partial charge in [0.15, 0.2) is 0 Å². The summed E-state index contributed by atoms with van der Waals surface area (Å²) in [6.07, 6.45) is -0.467. The van der Waals surface area contributed by atoms with Crippen LogP contribution in [0.15, 0.2) is 0 Å². The predicted molar refractivity (Wildman–Crippen MR) is 52.0 cm³/mol. The zero-order valence-corrected chi connectivity index (χ0v) is 9.28. The van der Waals surface area contributed by atoms with Crippen molar-refractivity contribution in [1.29, 1.82) is 0 Å². The lowest BCUT2D eigenvalue weighted by Gasteiger charge is -2.01. The van der Waals surface area contributed by atoms with Crippen LogP contribution in [0.1, 0.15) is 39.5 Å². The lowest BCUT2D eigenvalue weighted by Crippen LogP contribution is -2.16. The van der Waals surface area contributed by atoms with Crippen LogP contribution in [0.2, 0.25) is 0 Å². The Morgan fingerprint density at radius 1 is 0.750 bits per heavy atom. The van der Waals surface area contributed by atoms with Crippen LogP contribution in [0.3, 0.4) is 0 Å². The predicted octanol–water partition coefficient (Wildman–Crippen LogP) is 0.726. The summed E-state index contributed by atoms with van der Waals surface area (Å²) in [4.78, 5) is 51.4. The summed E-state index contributed by atoms with van der Waals surface area (Å²) >= 11 is 0. The van der Waals surface area contributed by atoms with E-state index in [1.165, 1.54) is 0 Å². The van der Waals surface area contributed by atoms with Crippen LogP contribution in [0, 0.1) is 0 Å². The molecule has 0 saturated heterocycles. The van der Waals surface area contributed by atoms with Crippen molar-refractivity contribution in [1.82, 2.24) is 0 Å². The molecule has 0 N–H and O–H groups in total. The molecule has 0 saturated carbocycles. The highest BCUT2D eigenvalue weighted by atomic mass is 17.2. The second kappa shape index (κ2) is 7.56. The van der Waals surface area contributed by atoms with Gasteiger partial charge in [-0.05, 0) is 0 Å². The maximum Gasteiger partial charge on any atom is 0.362 e. The van der Waals surface area contributed by atoms with E-state index in [2.05, 4.69) is 9.78 Å². The highest BCUT2D eigenvalue weighted by Crippen LogP contribution is 1.97. The summed E-state index contributed by atoms with van der Waals surface area (Å²) in [5.74, 6) is -2.51. The number of Topliss-reactive ketones (excluding diaryl/α,β-unsaturated/α-hetero) is 2. The SMILES string of the molecule is CCC(=O)CC(=O)OOC(=O)CC(=O)CC. The van der Waals surface area contributed by atoms with Crippen molar-refractivity contribution in [3.05, 3.63) is 0 Å². The standard InChI is InChI=1S/C10H14O6/c1-3-7(11)5-9(13)15-16-10(14)6-8(12)4-2/h3-6H2,1-2H3. The molecule has 0 aliphatic carbocycles. The fraction of sp³-hybridized carbons (Fsp3) is 0.600. The smallest absolute Gasteiger partial charge is 0.299 e. The summed E-state index contributed by atoms with van der Waals surface area (Å²) in [6.45, 7) is 3.20. The molecule has 6 nitrogen and oxygen atoms in total. The van der Waals surface area contributed by atoms with E-state index in [4.69, 9.17) is 0 Å². The summed E-state index contributed by atoms with van der Waals surface area (Å²) in [6, 6.07) is 0. The molecule has 0 aliphatic heterocycles. The normalized spacial score (nSPS) is 9.38. The minimum Gasteiger partial charge on any atom is -0.299 e. The largest absolute Gasteiger partial charge is 0.362 e. The molecule has 0 bridgehead atoms. The minimum absolute atomic E-state index is 0.206. The van der Waals surface area contributed by atoms with Crippen molar-refractivity contribution >= 4 is 23.5 Å². The number of hydrogen-bond donors (Lipinski definition) is 0. The first kappa shape index (κ1) is 14.3. The molecular weight excluding hydrogens is 216 g/mol. The van der Waals surface area contributed by atoms with Gasteiger partial charge in [-0.3, -0.25) is 9.59 Å². The Hall–Kier alpha value is -1.72. The molecule has 0 fully saturated rings. The van der Waals surface area contributed by atoms with E-state index in [1.807, 2.05) is 0 Å². The Labute approximate surface area is 92.8 Å². The molecule has 0 amide bonds. The van der Waals surface area contributed by atoms with Gasteiger partial charge in [0.2, 0.25) is 0 Å². The van der Waals surface area contributed by atoms with Crippen molar-refractivity contribution in [3.8, 4) is 0 Å². The molecule has 0 spiro atoms. The van der Waals surface area contributed by atoms with Crippen molar-refractivity contribution in [2.24, 2.45) is 0 Å². The van der Waals surface area contributed by atoms with Crippen LogP contribution in [-0.2, 0) is 29.0 Å². The molecule has 0 aromatic heterocycles. The van der Waals surface area contributed by atoms with E-state index in [0.29, 0.717) is 0 Å². The Morgan fingerprint density at radius 3 is 1.31 bits per heavy atom. The van der Waals surface area contributed by atoms with Crippen LogP contribution in [0.4, 0.5) is 0 Å². The van der Waals surface area contributed by atoms with Gasteiger partial charge in [0, 0.05) is 12.8 Å². The van der Waals surface area contributed by atoms with E-state index < -0.39 is 24.8 Å². The second-order valence-corrected chi connectivity index (χ2v) is 3.05. The molecule has 90 valence electrons. The summed E-state index contributed by atoms with van der Waals surface area (Å²) < 4.78 is 0. The maximum atomic E-state index is 10.9. The van der Waals surface area contributed by atoms with Gasteiger partial charge in [-0.15, -0.1) is 0 Å². The quantitative estimate of drug-likeness (QED) is 0.379. The van der Waals surface area contributed by atoms with E-state index in [0.717, 1.165) is 0 Å². The van der Waals surface area contributed by atoms with Gasteiger partial charge in [-0.25, -0.2) is 19.4 Å². The average Bonchev–Trinajstić information content (AvgIpc) is 2.26. The topological polar surface area (TPSA) is 86.7 Å². The molecule has 0 aromatic rings.